The molecule has 3 atom stereocenters. The van der Waals surface area contributed by atoms with E-state index in [4.69, 9.17) is 10.3 Å². The third-order valence-corrected chi connectivity index (χ3v) is 8.76. The molecule has 1 unspecified atom stereocenters. The molecule has 51 heavy (non-hydrogen) atoms. The number of nitrogens with zero attached hydrogens (tertiary/aromatic N) is 4. The molecule has 16 heteroatoms. The Bertz CT molecular complexity index is 2260. The minimum atomic E-state index is -5.04. The van der Waals surface area contributed by atoms with E-state index in [-0.39, 0.29) is 41.2 Å². The van der Waals surface area contributed by atoms with E-state index >= 15 is 8.78 Å². The van der Waals surface area contributed by atoms with Crippen LogP contribution in [0, 0.1) is 29.4 Å². The molecule has 0 saturated heterocycles. The van der Waals surface area contributed by atoms with Crippen LogP contribution >= 0.6 is 0 Å². The molecule has 1 fully saturated rings. The lowest BCUT2D eigenvalue weighted by molar-refractivity contribution is -0.142. The van der Waals surface area contributed by atoms with Gasteiger partial charge in [-0.15, -0.1) is 0 Å². The molecule has 0 bridgehead atoms. The number of aromatic nitrogens is 4. The van der Waals surface area contributed by atoms with Crippen molar-refractivity contribution in [2.45, 2.75) is 62.9 Å². The number of pyridine rings is 1. The molecule has 0 radical (unpaired) electrons. The molecule has 3 aromatic heterocycles. The van der Waals surface area contributed by atoms with Crippen molar-refractivity contribution in [2.75, 3.05) is 5.73 Å². The second-order valence-corrected chi connectivity index (χ2v) is 13.1. The van der Waals surface area contributed by atoms with Gasteiger partial charge in [0, 0.05) is 28.7 Å². The highest BCUT2D eigenvalue weighted by Crippen LogP contribution is 2.68. The minimum Gasteiger partial charge on any atom is -0.380 e. The number of rotatable bonds is 7. The summed E-state index contributed by atoms with van der Waals surface area (Å²) in [5, 5.41) is 20.5. The number of nitrogens with two attached hydrogens (primary N) is 1. The van der Waals surface area contributed by atoms with Crippen molar-refractivity contribution in [3.8, 4) is 23.0 Å². The van der Waals surface area contributed by atoms with Crippen LogP contribution in [-0.2, 0) is 29.9 Å². The van der Waals surface area contributed by atoms with E-state index in [1.165, 1.54) is 19.9 Å². The molecule has 9 nitrogen and oxygen atoms in total. The fourth-order valence-corrected chi connectivity index (χ4v) is 6.60. The quantitative estimate of drug-likeness (QED) is 0.132. The number of nitrogens with one attached hydrogen (secondary N) is 1. The number of carbonyl (C=O) groups excluding carboxylic acids is 1. The Morgan fingerprint density at radius 2 is 1.86 bits per heavy atom. The molecule has 264 valence electrons. The van der Waals surface area contributed by atoms with Crippen molar-refractivity contribution < 1.29 is 45.2 Å². The smallest absolute Gasteiger partial charge is 0.380 e. The summed E-state index contributed by atoms with van der Waals surface area (Å²) >= 11 is 0. The second kappa shape index (κ2) is 11.8. The summed E-state index contributed by atoms with van der Waals surface area (Å²) in [5.74, 6) is -3.45. The fraction of sp³-hybridized carbons (Fsp3) is 0.314. The first-order valence-corrected chi connectivity index (χ1v) is 15.6. The van der Waals surface area contributed by atoms with Crippen LogP contribution in [0.2, 0.25) is 0 Å². The van der Waals surface area contributed by atoms with Gasteiger partial charge < -0.3 is 20.7 Å². The Balaban J connectivity index is 1.34. The summed E-state index contributed by atoms with van der Waals surface area (Å²) in [7, 11) is 0. The zero-order valence-electron chi connectivity index (χ0n) is 26.7. The van der Waals surface area contributed by atoms with Crippen LogP contribution in [-0.4, -0.2) is 36.5 Å². The molecule has 2 aliphatic rings. The van der Waals surface area contributed by atoms with Crippen LogP contribution in [0.3, 0.4) is 0 Å². The maximum Gasteiger partial charge on any atom is 0.435 e. The van der Waals surface area contributed by atoms with Crippen molar-refractivity contribution in [3.05, 3.63) is 94.1 Å². The number of anilines is 1. The number of fused-ring (bicyclic) bond motifs is 4. The topological polar surface area (TPSA) is 132 Å². The van der Waals surface area contributed by atoms with Crippen LogP contribution in [0.25, 0.3) is 22.1 Å². The van der Waals surface area contributed by atoms with Gasteiger partial charge in [-0.3, -0.25) is 9.48 Å². The van der Waals surface area contributed by atoms with Crippen molar-refractivity contribution in [1.82, 2.24) is 25.2 Å². The van der Waals surface area contributed by atoms with Gasteiger partial charge in [-0.2, -0.15) is 27.1 Å². The number of alkyl halides is 5. The summed E-state index contributed by atoms with van der Waals surface area (Å²) in [6.07, 6.45) is -5.50. The van der Waals surface area contributed by atoms with E-state index in [2.05, 4.69) is 32.4 Å². The molecule has 1 amide bonds. The van der Waals surface area contributed by atoms with E-state index in [1.54, 1.807) is 24.3 Å². The molecule has 5 aromatic rings. The number of halogens is 7. The zero-order valence-corrected chi connectivity index (χ0v) is 26.7. The average molecular weight is 713 g/mol. The molecule has 7 rings (SSSR count). The average Bonchev–Trinajstić information content (AvgIpc) is 3.53. The number of amides is 1. The largest absolute Gasteiger partial charge is 0.435 e. The number of benzene rings is 2. The predicted octanol–water partition coefficient (Wildman–Crippen LogP) is 6.40. The highest BCUT2D eigenvalue weighted by molar-refractivity contribution is 5.98. The summed E-state index contributed by atoms with van der Waals surface area (Å²) in [4.78, 5) is 18.3. The SMILES string of the molecule is CC(C)(O)C#Cc1ccc(-c2cccc3c(N)noc23)c([C@H](Cc2cc(F)cc(F)c2)NC(=O)Cn2nc(C(F)(F)F)c3c2C(F)(F)C2C[C@H]32)n1. The summed E-state index contributed by atoms with van der Waals surface area (Å²) in [6, 6.07) is 9.38. The number of carbonyl (C=O) groups is 1. The van der Waals surface area contributed by atoms with Crippen molar-refractivity contribution >= 4 is 22.7 Å². The standard InChI is InChI=1S/C35H27F7N6O3/c1-33(2,50)9-8-19-6-7-20(21-4-3-5-22-29(21)51-47-32(22)43)28(44-19)25(12-16-10-17(36)13-18(37)11-16)45-26(49)15-48-31-27(30(46-48)35(40,41)42)23-14-24(23)34(31,38)39/h3-7,10-11,13,23-25,50H,12,14-15H2,1-2H3,(H2,43,47)(H,45,49)/t23-,24?,25-/m0/s1. The van der Waals surface area contributed by atoms with E-state index < -0.39 is 76.6 Å². The summed E-state index contributed by atoms with van der Waals surface area (Å²) < 4.78 is 107. The highest BCUT2D eigenvalue weighted by Gasteiger charge is 2.68. The monoisotopic (exact) mass is 712 g/mol. The van der Waals surface area contributed by atoms with Crippen LogP contribution < -0.4 is 11.1 Å². The molecule has 2 aliphatic carbocycles. The third-order valence-electron chi connectivity index (χ3n) is 8.76. The van der Waals surface area contributed by atoms with Crippen LogP contribution in [0.1, 0.15) is 66.1 Å². The third kappa shape index (κ3) is 6.37. The molecule has 0 spiro atoms. The Hall–Kier alpha value is -5.43. The van der Waals surface area contributed by atoms with Crippen molar-refractivity contribution in [1.29, 1.82) is 0 Å². The number of para-hydroxylation sites is 1. The number of hydrogen-bond acceptors (Lipinski definition) is 7. The Kier molecular flexibility index (Phi) is 7.90. The van der Waals surface area contributed by atoms with Gasteiger partial charge >= 0.3 is 6.18 Å². The number of hydrogen-bond donors (Lipinski definition) is 3. The first-order chi connectivity index (χ1) is 23.9. The lowest BCUT2D eigenvalue weighted by atomic mass is 9.94. The van der Waals surface area contributed by atoms with Gasteiger partial charge in [0.25, 0.3) is 5.92 Å². The first-order valence-electron chi connectivity index (χ1n) is 15.6. The fourth-order valence-electron chi connectivity index (χ4n) is 6.60. The van der Waals surface area contributed by atoms with Gasteiger partial charge in [-0.1, -0.05) is 23.2 Å². The van der Waals surface area contributed by atoms with Crippen LogP contribution in [0.5, 0.6) is 0 Å². The predicted molar refractivity (Wildman–Crippen MR) is 168 cm³/mol. The molecule has 1 saturated carbocycles. The zero-order chi connectivity index (χ0) is 36.6. The lowest BCUT2D eigenvalue weighted by Gasteiger charge is -2.23. The summed E-state index contributed by atoms with van der Waals surface area (Å²) in [5.41, 5.74) is 2.59. The van der Waals surface area contributed by atoms with Gasteiger partial charge in [0.05, 0.1) is 17.1 Å². The Morgan fingerprint density at radius 3 is 2.55 bits per heavy atom. The molecule has 4 N–H and O–H groups in total. The Labute approximate surface area is 284 Å². The van der Waals surface area contributed by atoms with E-state index in [9.17, 15) is 31.9 Å². The molecule has 2 aromatic carbocycles. The minimum absolute atomic E-state index is 0.0475. The van der Waals surface area contributed by atoms with Gasteiger partial charge in [-0.25, -0.2) is 13.8 Å². The first kappa shape index (κ1) is 34.0. The maximum atomic E-state index is 15.3. The van der Waals surface area contributed by atoms with Gasteiger partial charge in [0.2, 0.25) is 5.91 Å². The Morgan fingerprint density at radius 1 is 1.14 bits per heavy atom. The van der Waals surface area contributed by atoms with Crippen LogP contribution in [0.15, 0.2) is 53.1 Å². The van der Waals surface area contributed by atoms with E-state index in [0.717, 1.165) is 12.1 Å². The van der Waals surface area contributed by atoms with Gasteiger partial charge in [-0.05, 0) is 74.4 Å². The molecular formula is C35H27F7N6O3. The van der Waals surface area contributed by atoms with Gasteiger partial charge in [0.15, 0.2) is 17.1 Å². The summed E-state index contributed by atoms with van der Waals surface area (Å²) in [6.45, 7) is 1.84. The second-order valence-electron chi connectivity index (χ2n) is 13.1. The number of nitrogen functional groups attached to an aromatic ring is 1. The number of aliphatic hydroxyl groups is 1. The van der Waals surface area contributed by atoms with Crippen LogP contribution in [0.4, 0.5) is 36.6 Å². The highest BCUT2D eigenvalue weighted by atomic mass is 19.4. The molecule has 3 heterocycles. The molecular weight excluding hydrogens is 685 g/mol. The van der Waals surface area contributed by atoms with Gasteiger partial charge in [0.1, 0.15) is 35.2 Å². The maximum absolute atomic E-state index is 15.3. The molecule has 0 aliphatic heterocycles. The van der Waals surface area contributed by atoms with Crippen molar-refractivity contribution in [2.24, 2.45) is 5.92 Å². The lowest BCUT2D eigenvalue weighted by Crippen LogP contribution is -2.35. The normalized spacial score (nSPS) is 18.2. The van der Waals surface area contributed by atoms with Crippen molar-refractivity contribution in [3.63, 3.8) is 0 Å². The van der Waals surface area contributed by atoms with E-state index in [1.807, 2.05) is 0 Å². The van der Waals surface area contributed by atoms with E-state index in [0.29, 0.717) is 27.3 Å².